The molecular weight excluding hydrogens is 913 g/mol. The Hall–Kier alpha value is -7.91. The highest BCUT2D eigenvalue weighted by molar-refractivity contribution is 6.23. The quantitative estimate of drug-likeness (QED) is 0.0440. The summed E-state index contributed by atoms with van der Waals surface area (Å²) in [6.07, 6.45) is -0.462. The molecule has 1 spiro atoms. The van der Waals surface area contributed by atoms with Crippen molar-refractivity contribution in [1.82, 2.24) is 15.2 Å². The van der Waals surface area contributed by atoms with Gasteiger partial charge in [0.1, 0.15) is 36.5 Å². The Morgan fingerprint density at radius 3 is 2.18 bits per heavy atom. The molecule has 17 nitrogen and oxygen atoms in total. The Morgan fingerprint density at radius 1 is 0.817 bits per heavy atom. The number of ether oxygens (including phenoxy) is 6. The number of nitrogens with zero attached hydrogens (tertiary/aromatic N) is 3. The molecule has 71 heavy (non-hydrogen) atoms. The summed E-state index contributed by atoms with van der Waals surface area (Å²) in [6.45, 7) is -0.726. The highest BCUT2D eigenvalue weighted by atomic mass is 16.6. The molecule has 3 aliphatic heterocycles. The zero-order valence-corrected chi connectivity index (χ0v) is 39.2. The van der Waals surface area contributed by atoms with Gasteiger partial charge in [-0.25, -0.2) is 9.69 Å². The van der Waals surface area contributed by atoms with Crippen LogP contribution in [0.2, 0.25) is 0 Å². The maximum Gasteiger partial charge on any atom is 0.421 e. The van der Waals surface area contributed by atoms with Crippen LogP contribution < -0.4 is 15.0 Å². The van der Waals surface area contributed by atoms with Crippen molar-refractivity contribution >= 4 is 41.5 Å². The highest BCUT2D eigenvalue weighted by Gasteiger charge is 2.76. The van der Waals surface area contributed by atoms with Gasteiger partial charge >= 0.3 is 24.0 Å². The number of hydrogen-bond acceptors (Lipinski definition) is 15. The van der Waals surface area contributed by atoms with E-state index in [1.807, 2.05) is 77.7 Å². The Balaban J connectivity index is 1.43. The number of pyridine rings is 1. The van der Waals surface area contributed by atoms with Crippen LogP contribution in [0.25, 0.3) is 0 Å². The predicted molar refractivity (Wildman–Crippen MR) is 254 cm³/mol. The van der Waals surface area contributed by atoms with Gasteiger partial charge in [-0.1, -0.05) is 96.8 Å². The van der Waals surface area contributed by atoms with Crippen LogP contribution in [0.4, 0.5) is 10.5 Å². The summed E-state index contributed by atoms with van der Waals surface area (Å²) < 4.78 is 33.3. The fraction of sp³-hybridized carbons (Fsp3) is 0.315. The second-order valence-electron chi connectivity index (χ2n) is 16.8. The van der Waals surface area contributed by atoms with Gasteiger partial charge in [0.05, 0.1) is 51.1 Å². The molecule has 0 aliphatic carbocycles. The van der Waals surface area contributed by atoms with Crippen molar-refractivity contribution in [2.24, 2.45) is 11.8 Å². The second kappa shape index (κ2) is 22.2. The van der Waals surface area contributed by atoms with E-state index >= 15 is 14.4 Å². The van der Waals surface area contributed by atoms with E-state index in [0.717, 1.165) is 19.1 Å². The van der Waals surface area contributed by atoms with Crippen molar-refractivity contribution in [2.75, 3.05) is 59.2 Å². The molecule has 0 radical (unpaired) electrons. The first-order valence-electron chi connectivity index (χ1n) is 23.0. The standard InChI is InChI=1S/C54H52N4O13/c1-66-31-32-70-53(65)57-41-25-24-34(15-14-22-39(49(61)67-2)50(62)68-3)33-40(41)54(52(57)64)43(48(60)56-28-26-37-20-12-13-27-55-37)45-51(63)71-46(36-18-8-5-9-19-36)44(35-16-6-4-7-17-35)58(45)47(54)38-21-10-11-23-42(38)69-30-29-59/h4-13,16-21,23-25,27,33,39,43-47,59H,22,26,28-32H2,1-3H3,(H,56,60)/t43-,44-,45-,46+,47+,54-/m0/s1. The number of imide groups is 1. The van der Waals surface area contributed by atoms with Gasteiger partial charge in [0.15, 0.2) is 5.92 Å². The van der Waals surface area contributed by atoms with Crippen molar-refractivity contribution < 1.29 is 62.3 Å². The summed E-state index contributed by atoms with van der Waals surface area (Å²) in [4.78, 5) is 94.6. The zero-order chi connectivity index (χ0) is 50.1. The van der Waals surface area contributed by atoms with Gasteiger partial charge in [0.2, 0.25) is 11.8 Å². The molecule has 8 rings (SSSR count). The normalized spacial score (nSPS) is 21.1. The molecule has 0 saturated carbocycles. The lowest BCUT2D eigenvalue weighted by atomic mass is 9.65. The Kier molecular flexibility index (Phi) is 15.5. The Morgan fingerprint density at radius 2 is 1.51 bits per heavy atom. The number of benzene rings is 4. The first-order valence-corrected chi connectivity index (χ1v) is 23.0. The van der Waals surface area contributed by atoms with Crippen LogP contribution in [-0.2, 0) is 59.5 Å². The highest BCUT2D eigenvalue weighted by Crippen LogP contribution is 2.66. The molecule has 4 aromatic carbocycles. The fourth-order valence-corrected chi connectivity index (χ4v) is 9.98. The molecule has 366 valence electrons. The third-order valence-electron chi connectivity index (χ3n) is 12.9. The molecule has 4 heterocycles. The largest absolute Gasteiger partial charge is 0.491 e. The summed E-state index contributed by atoms with van der Waals surface area (Å²) in [5.41, 5.74) is 0.553. The SMILES string of the molecule is COCCOC(=O)N1C(=O)[C@@]2(c3cc(C#CCC(C(=O)OC)C(=O)OC)ccc31)[C@H](C(=O)NCCc1ccccn1)[C@H]1C(=O)O[C@H](c3ccccc3)[C@H](c3ccccc3)N1[C@@H]2c1ccccc1OCCO. The number of fused-ring (bicyclic) bond motifs is 3. The zero-order valence-electron chi connectivity index (χ0n) is 39.2. The number of carbonyl (C=O) groups is 6. The van der Waals surface area contributed by atoms with Crippen LogP contribution in [0.3, 0.4) is 0 Å². The van der Waals surface area contributed by atoms with E-state index in [9.17, 15) is 19.5 Å². The molecule has 0 unspecified atom stereocenters. The first kappa shape index (κ1) is 49.5. The number of rotatable bonds is 16. The number of para-hydroxylation sites is 1. The molecule has 2 fully saturated rings. The molecular formula is C54H52N4O13. The van der Waals surface area contributed by atoms with Gasteiger partial charge in [-0.15, -0.1) is 0 Å². The second-order valence-corrected chi connectivity index (χ2v) is 16.8. The number of cyclic esters (lactones) is 1. The number of aromatic nitrogens is 1. The van der Waals surface area contributed by atoms with Crippen molar-refractivity contribution in [3.05, 3.63) is 161 Å². The summed E-state index contributed by atoms with van der Waals surface area (Å²) in [5, 5.41) is 13.1. The Bertz CT molecular complexity index is 2800. The number of methoxy groups -OCH3 is 3. The molecule has 5 aromatic rings. The van der Waals surface area contributed by atoms with Gasteiger partial charge in [-0.2, -0.15) is 0 Å². The van der Waals surface area contributed by atoms with Crippen LogP contribution >= 0.6 is 0 Å². The summed E-state index contributed by atoms with van der Waals surface area (Å²) in [5.74, 6) is -1.04. The molecule has 2 N–H and O–H groups in total. The third kappa shape index (κ3) is 9.57. The number of nitrogens with one attached hydrogen (secondary N) is 1. The van der Waals surface area contributed by atoms with Gasteiger partial charge in [0.25, 0.3) is 0 Å². The van der Waals surface area contributed by atoms with Crippen LogP contribution in [0.15, 0.2) is 128 Å². The third-order valence-corrected chi connectivity index (χ3v) is 12.9. The lowest BCUT2D eigenvalue weighted by molar-refractivity contribution is -0.178. The molecule has 17 heteroatoms. The van der Waals surface area contributed by atoms with Crippen LogP contribution in [0.1, 0.15) is 58.1 Å². The molecule has 3 aliphatic rings. The smallest absolute Gasteiger partial charge is 0.421 e. The fourth-order valence-electron chi connectivity index (χ4n) is 9.98. The van der Waals surface area contributed by atoms with Crippen LogP contribution in [-0.4, -0.2) is 111 Å². The number of amides is 3. The molecule has 6 atom stereocenters. The van der Waals surface area contributed by atoms with Crippen molar-refractivity contribution in [1.29, 1.82) is 0 Å². The Labute approximate surface area is 409 Å². The number of carbonyl (C=O) groups excluding carboxylic acids is 6. The van der Waals surface area contributed by atoms with E-state index in [-0.39, 0.29) is 68.4 Å². The lowest BCUT2D eigenvalue weighted by Crippen LogP contribution is -2.56. The van der Waals surface area contributed by atoms with Crippen molar-refractivity contribution in [2.45, 2.75) is 42.5 Å². The minimum atomic E-state index is -2.20. The average molecular weight is 965 g/mol. The summed E-state index contributed by atoms with van der Waals surface area (Å²) in [7, 11) is 3.70. The van der Waals surface area contributed by atoms with Crippen LogP contribution in [0, 0.1) is 23.7 Å². The van der Waals surface area contributed by atoms with E-state index in [2.05, 4.69) is 22.1 Å². The van der Waals surface area contributed by atoms with Crippen molar-refractivity contribution in [3.8, 4) is 17.6 Å². The lowest BCUT2D eigenvalue weighted by Gasteiger charge is -2.46. The van der Waals surface area contributed by atoms with E-state index in [1.165, 1.54) is 13.2 Å². The number of aliphatic hydroxyl groups is 1. The monoisotopic (exact) mass is 964 g/mol. The molecule has 3 amide bonds. The molecule has 1 aromatic heterocycles. The van der Waals surface area contributed by atoms with E-state index in [1.54, 1.807) is 48.7 Å². The van der Waals surface area contributed by atoms with Gasteiger partial charge in [0, 0.05) is 49.5 Å². The first-order chi connectivity index (χ1) is 34.6. The van der Waals surface area contributed by atoms with Crippen LogP contribution in [0.5, 0.6) is 5.75 Å². The molecule has 2 saturated heterocycles. The summed E-state index contributed by atoms with van der Waals surface area (Å²) >= 11 is 0. The minimum Gasteiger partial charge on any atom is -0.491 e. The molecule has 0 bridgehead atoms. The van der Waals surface area contributed by atoms with Crippen molar-refractivity contribution in [3.63, 3.8) is 0 Å². The maximum atomic E-state index is 16.5. The van der Waals surface area contributed by atoms with E-state index < -0.39 is 77.3 Å². The van der Waals surface area contributed by atoms with E-state index in [0.29, 0.717) is 22.4 Å². The topological polar surface area (TPSA) is 209 Å². The van der Waals surface area contributed by atoms with E-state index in [4.69, 9.17) is 28.4 Å². The summed E-state index contributed by atoms with van der Waals surface area (Å²) in [6, 6.07) is 31.6. The number of esters is 3. The predicted octanol–water partition coefficient (Wildman–Crippen LogP) is 4.96. The maximum absolute atomic E-state index is 16.5. The van der Waals surface area contributed by atoms with Gasteiger partial charge < -0.3 is 38.8 Å². The number of aliphatic hydroxyl groups excluding tert-OH is 1. The number of morpholine rings is 1. The van der Waals surface area contributed by atoms with Gasteiger partial charge in [-0.3, -0.25) is 33.9 Å². The van der Waals surface area contributed by atoms with Gasteiger partial charge in [-0.05, 0) is 53.1 Å². The number of anilines is 1. The number of hydrogen-bond donors (Lipinski definition) is 2. The minimum absolute atomic E-state index is 0.000733. The average Bonchev–Trinajstić information content (AvgIpc) is 3.86.